The first-order valence-corrected chi connectivity index (χ1v) is 5.03. The Hall–Kier alpha value is -0.800. The van der Waals surface area contributed by atoms with Crippen molar-refractivity contribution in [3.8, 4) is 5.75 Å². The lowest BCUT2D eigenvalue weighted by molar-refractivity contribution is 0.101. The molecule has 1 aromatic rings. The molecule has 0 saturated carbocycles. The first kappa shape index (κ1) is 11.3. The molecule has 0 aliphatic rings. The fourth-order valence-electron chi connectivity index (χ4n) is 0.939. The van der Waals surface area contributed by atoms with Crippen molar-refractivity contribution in [3.63, 3.8) is 0 Å². The lowest BCUT2D eigenvalue weighted by Crippen LogP contribution is -2.07. The zero-order chi connectivity index (χ0) is 10.2. The van der Waals surface area contributed by atoms with Gasteiger partial charge in [0.15, 0.2) is 0 Å². The number of halogens is 1. The molecule has 0 aliphatic carbocycles. The number of pyridine rings is 1. The van der Waals surface area contributed by atoms with Crippen LogP contribution in [0.25, 0.3) is 0 Å². The van der Waals surface area contributed by atoms with Gasteiger partial charge in [0.25, 0.3) is 0 Å². The highest BCUT2D eigenvalue weighted by Gasteiger charge is 1.95. The molecule has 0 bridgehead atoms. The minimum Gasteiger partial charge on any atom is -0.491 e. The molecule has 3 nitrogen and oxygen atoms in total. The van der Waals surface area contributed by atoms with Crippen LogP contribution in [0.15, 0.2) is 18.3 Å². The molecule has 0 fully saturated rings. The molecule has 0 aliphatic heterocycles. The van der Waals surface area contributed by atoms with Gasteiger partial charge in [0, 0.05) is 18.9 Å². The van der Waals surface area contributed by atoms with Gasteiger partial charge in [0.05, 0.1) is 6.61 Å². The fourth-order valence-corrected chi connectivity index (χ4v) is 1.10. The Balaban J connectivity index is 2.18. The van der Waals surface area contributed by atoms with E-state index >= 15 is 0 Å². The van der Waals surface area contributed by atoms with Gasteiger partial charge < -0.3 is 9.47 Å². The molecule has 0 spiro atoms. The normalized spacial score (nSPS) is 10.1. The first-order valence-electron chi connectivity index (χ1n) is 4.65. The van der Waals surface area contributed by atoms with Crippen LogP contribution < -0.4 is 4.74 Å². The maximum atomic E-state index is 5.69. The SMILES string of the molecule is CCCOCCOc1ccnc(Cl)c1. The Morgan fingerprint density at radius 2 is 2.21 bits per heavy atom. The highest BCUT2D eigenvalue weighted by atomic mass is 35.5. The topological polar surface area (TPSA) is 31.4 Å². The number of ether oxygens (including phenoxy) is 2. The van der Waals surface area contributed by atoms with E-state index in [0.717, 1.165) is 18.8 Å². The third kappa shape index (κ3) is 4.44. The quantitative estimate of drug-likeness (QED) is 0.540. The maximum Gasteiger partial charge on any atom is 0.132 e. The van der Waals surface area contributed by atoms with Crippen LogP contribution in [0.4, 0.5) is 0 Å². The standard InChI is InChI=1S/C10H14ClNO2/c1-2-5-13-6-7-14-9-3-4-12-10(11)8-9/h3-4,8H,2,5-7H2,1H3. The van der Waals surface area contributed by atoms with Gasteiger partial charge in [-0.25, -0.2) is 4.98 Å². The number of rotatable bonds is 6. The van der Waals surface area contributed by atoms with Crippen molar-refractivity contribution in [3.05, 3.63) is 23.5 Å². The summed E-state index contributed by atoms with van der Waals surface area (Å²) in [6, 6.07) is 3.45. The summed E-state index contributed by atoms with van der Waals surface area (Å²) >= 11 is 5.69. The third-order valence-corrected chi connectivity index (χ3v) is 1.75. The Morgan fingerprint density at radius 1 is 1.36 bits per heavy atom. The molecule has 1 heterocycles. The second kappa shape index (κ2) is 6.62. The minimum absolute atomic E-state index is 0.442. The predicted octanol–water partition coefficient (Wildman–Crippen LogP) is 2.54. The van der Waals surface area contributed by atoms with E-state index in [0.29, 0.717) is 18.4 Å². The number of aromatic nitrogens is 1. The van der Waals surface area contributed by atoms with Crippen LogP contribution in [-0.4, -0.2) is 24.8 Å². The molecule has 0 unspecified atom stereocenters. The van der Waals surface area contributed by atoms with Gasteiger partial charge in [-0.15, -0.1) is 0 Å². The van der Waals surface area contributed by atoms with Crippen LogP contribution >= 0.6 is 11.6 Å². The van der Waals surface area contributed by atoms with Crippen molar-refractivity contribution in [1.29, 1.82) is 0 Å². The second-order valence-corrected chi connectivity index (χ2v) is 3.16. The molecule has 1 aromatic heterocycles. The summed E-state index contributed by atoms with van der Waals surface area (Å²) in [5.41, 5.74) is 0. The number of nitrogens with zero attached hydrogens (tertiary/aromatic N) is 1. The largest absolute Gasteiger partial charge is 0.491 e. The highest BCUT2D eigenvalue weighted by molar-refractivity contribution is 6.29. The molecule has 1 rings (SSSR count). The van der Waals surface area contributed by atoms with Crippen molar-refractivity contribution in [2.75, 3.05) is 19.8 Å². The molecule has 0 saturated heterocycles. The fraction of sp³-hybridized carbons (Fsp3) is 0.500. The molecular weight excluding hydrogens is 202 g/mol. The molecule has 14 heavy (non-hydrogen) atoms. The maximum absolute atomic E-state index is 5.69. The van der Waals surface area contributed by atoms with Gasteiger partial charge in [-0.3, -0.25) is 0 Å². The van der Waals surface area contributed by atoms with Crippen LogP contribution in [0.2, 0.25) is 5.15 Å². The van der Waals surface area contributed by atoms with Crippen molar-refractivity contribution in [2.24, 2.45) is 0 Å². The molecule has 4 heteroatoms. The van der Waals surface area contributed by atoms with E-state index in [1.54, 1.807) is 18.3 Å². The molecule has 0 N–H and O–H groups in total. The van der Waals surface area contributed by atoms with E-state index in [2.05, 4.69) is 11.9 Å². The van der Waals surface area contributed by atoms with Crippen LogP contribution in [-0.2, 0) is 4.74 Å². The summed E-state index contributed by atoms with van der Waals surface area (Å²) in [5, 5.41) is 0.442. The zero-order valence-electron chi connectivity index (χ0n) is 8.20. The van der Waals surface area contributed by atoms with Crippen molar-refractivity contribution < 1.29 is 9.47 Å². The third-order valence-electron chi connectivity index (χ3n) is 1.54. The van der Waals surface area contributed by atoms with Crippen LogP contribution in [0.1, 0.15) is 13.3 Å². The van der Waals surface area contributed by atoms with E-state index in [1.165, 1.54) is 0 Å². The lowest BCUT2D eigenvalue weighted by Gasteiger charge is -2.06. The van der Waals surface area contributed by atoms with Crippen LogP contribution in [0.5, 0.6) is 5.75 Å². The van der Waals surface area contributed by atoms with Gasteiger partial charge in [-0.05, 0) is 12.5 Å². The van der Waals surface area contributed by atoms with Gasteiger partial charge >= 0.3 is 0 Å². The zero-order valence-corrected chi connectivity index (χ0v) is 8.96. The van der Waals surface area contributed by atoms with Gasteiger partial charge in [0.2, 0.25) is 0 Å². The molecule has 0 radical (unpaired) electrons. The summed E-state index contributed by atoms with van der Waals surface area (Å²) < 4.78 is 10.6. The van der Waals surface area contributed by atoms with E-state index in [9.17, 15) is 0 Å². The predicted molar refractivity (Wildman–Crippen MR) is 55.9 cm³/mol. The Morgan fingerprint density at radius 3 is 2.93 bits per heavy atom. The minimum atomic E-state index is 0.442. The average molecular weight is 216 g/mol. The van der Waals surface area contributed by atoms with Gasteiger partial charge in [-0.2, -0.15) is 0 Å². The summed E-state index contributed by atoms with van der Waals surface area (Å²) in [5.74, 6) is 0.727. The summed E-state index contributed by atoms with van der Waals surface area (Å²) in [7, 11) is 0. The number of hydrogen-bond acceptors (Lipinski definition) is 3. The van der Waals surface area contributed by atoms with Crippen LogP contribution in [0, 0.1) is 0 Å². The van der Waals surface area contributed by atoms with Gasteiger partial charge in [-0.1, -0.05) is 18.5 Å². The van der Waals surface area contributed by atoms with E-state index in [4.69, 9.17) is 21.1 Å². The van der Waals surface area contributed by atoms with E-state index in [-0.39, 0.29) is 0 Å². The Bertz CT molecular complexity index is 268. The molecular formula is C10H14ClNO2. The number of hydrogen-bond donors (Lipinski definition) is 0. The van der Waals surface area contributed by atoms with E-state index in [1.807, 2.05) is 0 Å². The van der Waals surface area contributed by atoms with Crippen molar-refractivity contribution in [2.45, 2.75) is 13.3 Å². The molecule has 0 atom stereocenters. The summed E-state index contributed by atoms with van der Waals surface area (Å²) in [6.45, 7) is 4.00. The molecule has 0 aromatic carbocycles. The monoisotopic (exact) mass is 215 g/mol. The van der Waals surface area contributed by atoms with Crippen molar-refractivity contribution >= 4 is 11.6 Å². The van der Waals surface area contributed by atoms with Crippen molar-refractivity contribution in [1.82, 2.24) is 4.98 Å². The molecule has 0 amide bonds. The summed E-state index contributed by atoms with van der Waals surface area (Å²) in [4.78, 5) is 3.85. The van der Waals surface area contributed by atoms with Crippen LogP contribution in [0.3, 0.4) is 0 Å². The summed E-state index contributed by atoms with van der Waals surface area (Å²) in [6.07, 6.45) is 2.64. The van der Waals surface area contributed by atoms with Gasteiger partial charge in [0.1, 0.15) is 17.5 Å². The first-order chi connectivity index (χ1) is 6.83. The highest BCUT2D eigenvalue weighted by Crippen LogP contribution is 2.13. The average Bonchev–Trinajstić information content (AvgIpc) is 2.18. The Labute approximate surface area is 89.0 Å². The Kier molecular flexibility index (Phi) is 5.33. The second-order valence-electron chi connectivity index (χ2n) is 2.78. The molecule has 78 valence electrons. The smallest absolute Gasteiger partial charge is 0.132 e. The van der Waals surface area contributed by atoms with E-state index < -0.39 is 0 Å². The lowest BCUT2D eigenvalue weighted by atomic mass is 10.4.